The molecule has 0 saturated heterocycles. The molecule has 1 unspecified atom stereocenters. The van der Waals surface area contributed by atoms with Gasteiger partial charge in [-0.25, -0.2) is 18.6 Å². The number of halogens is 5. The zero-order valence-electron chi connectivity index (χ0n) is 23.3. The molecule has 3 aromatic rings. The summed E-state index contributed by atoms with van der Waals surface area (Å²) in [6.45, 7) is -0.328. The van der Waals surface area contributed by atoms with Crippen molar-refractivity contribution < 1.29 is 41.1 Å². The van der Waals surface area contributed by atoms with Crippen LogP contribution in [-0.2, 0) is 27.3 Å². The summed E-state index contributed by atoms with van der Waals surface area (Å²) in [4.78, 5) is 57.5. The van der Waals surface area contributed by atoms with E-state index in [1.54, 1.807) is 14.1 Å². The molecular formula is C27H29F5N6O5. The maximum atomic E-state index is 14.4. The first-order valence-electron chi connectivity index (χ1n) is 12.8. The van der Waals surface area contributed by atoms with Gasteiger partial charge in [-0.1, -0.05) is 6.08 Å². The second kappa shape index (κ2) is 13.9. The monoisotopic (exact) mass is 612 g/mol. The number of carbonyl (C=O) groups excluding carboxylic acids is 3. The molecule has 3 amide bonds. The number of H-pyrrole nitrogens is 1. The van der Waals surface area contributed by atoms with E-state index in [0.717, 1.165) is 11.7 Å². The molecule has 232 valence electrons. The van der Waals surface area contributed by atoms with Gasteiger partial charge in [0.15, 0.2) is 5.82 Å². The number of alkyl carbamates (subject to hydrolysis) is 1. The predicted molar refractivity (Wildman–Crippen MR) is 145 cm³/mol. The summed E-state index contributed by atoms with van der Waals surface area (Å²) < 4.78 is 72.6. The molecule has 0 fully saturated rings. The normalized spacial score (nSPS) is 12.4. The van der Waals surface area contributed by atoms with Gasteiger partial charge in [0, 0.05) is 38.3 Å². The maximum absolute atomic E-state index is 14.4. The topological polar surface area (TPSA) is 138 Å². The van der Waals surface area contributed by atoms with Crippen molar-refractivity contribution in [1.82, 2.24) is 24.8 Å². The number of nitrogens with zero attached hydrogens (tertiary/aromatic N) is 3. The fraction of sp³-hybridized carbons (Fsp3) is 0.370. The number of amides is 3. The number of likely N-dealkylation sites (N-methyl/N-ethyl adjacent to an activating group) is 1. The number of nitrogens with one attached hydrogen (secondary N) is 3. The first kappa shape index (κ1) is 32.8. The Hall–Kier alpha value is -4.76. The molecular weight excluding hydrogens is 583 g/mol. The Morgan fingerprint density at radius 1 is 1.21 bits per heavy atom. The van der Waals surface area contributed by atoms with E-state index in [9.17, 15) is 41.1 Å². The van der Waals surface area contributed by atoms with Gasteiger partial charge in [-0.2, -0.15) is 13.2 Å². The molecule has 0 bridgehead atoms. The highest BCUT2D eigenvalue weighted by Crippen LogP contribution is 2.28. The van der Waals surface area contributed by atoms with Crippen LogP contribution in [0.25, 0.3) is 11.0 Å². The standard InChI is InChI=1S/C27H29F5N6O5/c1-37(2)21(39)9-5-4-7-18(34-26(42)43-3)24(40)33-19-8-6-12-38(25(19)41)14-20-35-22-15(10-11-27(30,31)32)16(28)13-17(29)23(22)36-20/h5-6,8-9,12-13,18H,4,7,10-11,14H2,1-3H3,(H,33,40)(H,34,42)(H,35,36). The fourth-order valence-corrected chi connectivity index (χ4v) is 3.99. The smallest absolute Gasteiger partial charge is 0.407 e. The Morgan fingerprint density at radius 3 is 2.58 bits per heavy atom. The summed E-state index contributed by atoms with van der Waals surface area (Å²) >= 11 is 0. The van der Waals surface area contributed by atoms with Gasteiger partial charge in [-0.3, -0.25) is 14.4 Å². The van der Waals surface area contributed by atoms with E-state index in [0.29, 0.717) is 6.07 Å². The second-order valence-corrected chi connectivity index (χ2v) is 9.59. The van der Waals surface area contributed by atoms with Gasteiger partial charge in [0.05, 0.1) is 19.2 Å². The highest BCUT2D eigenvalue weighted by molar-refractivity contribution is 5.96. The zero-order chi connectivity index (χ0) is 31.9. The first-order chi connectivity index (χ1) is 20.2. The summed E-state index contributed by atoms with van der Waals surface area (Å²) in [6, 6.07) is 2.01. The SMILES string of the molecule is COC(=O)NC(CCC=CC(=O)N(C)C)C(=O)Nc1cccn(Cc2nc3c(F)cc(F)c(CCC(F)(F)F)c3[nH]2)c1=O. The number of alkyl halides is 3. The maximum Gasteiger partial charge on any atom is 0.407 e. The van der Waals surface area contributed by atoms with Crippen LogP contribution in [0.2, 0.25) is 0 Å². The van der Waals surface area contributed by atoms with E-state index in [2.05, 4.69) is 25.3 Å². The van der Waals surface area contributed by atoms with Crippen LogP contribution in [-0.4, -0.2) is 70.8 Å². The summed E-state index contributed by atoms with van der Waals surface area (Å²) in [5, 5.41) is 4.79. The lowest BCUT2D eigenvalue weighted by Gasteiger charge is -2.17. The summed E-state index contributed by atoms with van der Waals surface area (Å²) in [6.07, 6.45) is -3.14. The van der Waals surface area contributed by atoms with Crippen LogP contribution in [0.15, 0.2) is 41.3 Å². The van der Waals surface area contributed by atoms with Gasteiger partial charge < -0.3 is 29.8 Å². The number of allylic oxidation sites excluding steroid dienone is 1. The van der Waals surface area contributed by atoms with E-state index in [1.165, 1.54) is 35.4 Å². The number of rotatable bonds is 11. The number of carbonyl (C=O) groups is 3. The van der Waals surface area contributed by atoms with Crippen molar-refractivity contribution in [1.29, 1.82) is 0 Å². The van der Waals surface area contributed by atoms with Gasteiger partial charge in [0.25, 0.3) is 5.56 Å². The highest BCUT2D eigenvalue weighted by Gasteiger charge is 2.29. The molecule has 2 aromatic heterocycles. The third-order valence-electron chi connectivity index (χ3n) is 6.20. The minimum absolute atomic E-state index is 0.0525. The second-order valence-electron chi connectivity index (χ2n) is 9.59. The lowest BCUT2D eigenvalue weighted by atomic mass is 10.1. The molecule has 3 N–H and O–H groups in total. The minimum Gasteiger partial charge on any atom is -0.453 e. The van der Waals surface area contributed by atoms with E-state index in [1.807, 2.05) is 0 Å². The number of ether oxygens (including phenoxy) is 1. The number of hydrogen-bond acceptors (Lipinski definition) is 6. The van der Waals surface area contributed by atoms with Crippen LogP contribution >= 0.6 is 0 Å². The molecule has 0 radical (unpaired) electrons. The number of benzene rings is 1. The van der Waals surface area contributed by atoms with Crippen LogP contribution in [0.4, 0.5) is 32.4 Å². The van der Waals surface area contributed by atoms with Crippen molar-refractivity contribution >= 4 is 34.6 Å². The van der Waals surface area contributed by atoms with E-state index in [-0.39, 0.29) is 47.8 Å². The Balaban J connectivity index is 1.81. The average molecular weight is 613 g/mol. The van der Waals surface area contributed by atoms with Gasteiger partial charge in [0.2, 0.25) is 11.8 Å². The van der Waals surface area contributed by atoms with Crippen molar-refractivity contribution in [3.05, 3.63) is 69.9 Å². The van der Waals surface area contributed by atoms with Gasteiger partial charge in [0.1, 0.15) is 28.9 Å². The molecule has 0 aliphatic rings. The molecule has 1 aromatic carbocycles. The highest BCUT2D eigenvalue weighted by atomic mass is 19.4. The Morgan fingerprint density at radius 2 is 1.93 bits per heavy atom. The van der Waals surface area contributed by atoms with Crippen LogP contribution in [0.1, 0.15) is 30.7 Å². The van der Waals surface area contributed by atoms with Crippen molar-refractivity contribution in [2.24, 2.45) is 0 Å². The van der Waals surface area contributed by atoms with Crippen LogP contribution in [0, 0.1) is 11.6 Å². The quantitative estimate of drug-likeness (QED) is 0.223. The van der Waals surface area contributed by atoms with E-state index < -0.39 is 59.8 Å². The lowest BCUT2D eigenvalue weighted by Crippen LogP contribution is -2.44. The van der Waals surface area contributed by atoms with Crippen LogP contribution < -0.4 is 16.2 Å². The molecule has 0 aliphatic heterocycles. The number of aromatic amines is 1. The molecule has 0 aliphatic carbocycles. The van der Waals surface area contributed by atoms with Gasteiger partial charge >= 0.3 is 12.3 Å². The Bertz CT molecular complexity index is 1580. The molecule has 1 atom stereocenters. The number of aromatic nitrogens is 3. The molecule has 16 heteroatoms. The van der Waals surface area contributed by atoms with Crippen molar-refractivity contribution in [3.8, 4) is 0 Å². The molecule has 11 nitrogen and oxygen atoms in total. The van der Waals surface area contributed by atoms with Crippen LogP contribution in [0.5, 0.6) is 0 Å². The largest absolute Gasteiger partial charge is 0.453 e. The number of methoxy groups -OCH3 is 1. The third kappa shape index (κ3) is 8.86. The van der Waals surface area contributed by atoms with Crippen molar-refractivity contribution in [2.75, 3.05) is 26.5 Å². The fourth-order valence-electron chi connectivity index (χ4n) is 3.99. The van der Waals surface area contributed by atoms with Crippen molar-refractivity contribution in [3.63, 3.8) is 0 Å². The van der Waals surface area contributed by atoms with Gasteiger partial charge in [-0.05, 0) is 37.5 Å². The summed E-state index contributed by atoms with van der Waals surface area (Å²) in [5.41, 5.74) is -1.96. The van der Waals surface area contributed by atoms with Crippen molar-refractivity contribution in [2.45, 2.75) is 44.4 Å². The first-order valence-corrected chi connectivity index (χ1v) is 12.8. The Labute approximate surface area is 241 Å². The van der Waals surface area contributed by atoms with E-state index >= 15 is 0 Å². The molecule has 0 saturated carbocycles. The average Bonchev–Trinajstić information content (AvgIpc) is 3.35. The summed E-state index contributed by atoms with van der Waals surface area (Å²) in [7, 11) is 4.24. The Kier molecular flexibility index (Phi) is 10.6. The summed E-state index contributed by atoms with van der Waals surface area (Å²) in [5.74, 6) is -3.35. The number of imidazole rings is 1. The zero-order valence-corrected chi connectivity index (χ0v) is 23.3. The number of fused-ring (bicyclic) bond motifs is 1. The number of aryl methyl sites for hydroxylation is 1. The molecule has 43 heavy (non-hydrogen) atoms. The van der Waals surface area contributed by atoms with Gasteiger partial charge in [-0.15, -0.1) is 0 Å². The number of hydrogen-bond donors (Lipinski definition) is 3. The molecule has 0 spiro atoms. The van der Waals surface area contributed by atoms with Crippen LogP contribution in [0.3, 0.4) is 0 Å². The predicted octanol–water partition coefficient (Wildman–Crippen LogP) is 3.63. The molecule has 2 heterocycles. The lowest BCUT2D eigenvalue weighted by molar-refractivity contribution is -0.134. The minimum atomic E-state index is -4.57. The van der Waals surface area contributed by atoms with E-state index in [4.69, 9.17) is 0 Å². The number of anilines is 1. The third-order valence-corrected chi connectivity index (χ3v) is 6.20. The number of pyridine rings is 1. The molecule has 3 rings (SSSR count).